The van der Waals surface area contributed by atoms with Crippen molar-refractivity contribution in [3.8, 4) is 0 Å². The summed E-state index contributed by atoms with van der Waals surface area (Å²) >= 11 is 0. The minimum absolute atomic E-state index is 0.000240. The fraction of sp³-hybridized carbons (Fsp3) is 0.517. The zero-order valence-electron chi connectivity index (χ0n) is 23.1. The molecule has 2 aromatic heterocycles. The molecule has 11 heteroatoms. The van der Waals surface area contributed by atoms with Crippen LogP contribution in [0.3, 0.4) is 0 Å². The lowest BCUT2D eigenvalue weighted by Gasteiger charge is -2.42. The molecule has 2 amide bonds. The Kier molecular flexibility index (Phi) is 7.95. The van der Waals surface area contributed by atoms with E-state index in [1.54, 1.807) is 11.0 Å². The standard InChI is InChI=1S/C29H38N6O5/c1-31(2)16-17-32-12-9-23-25(32)30-20-35(27(23)37)19-29(40)10-14-33(15-11-29)26(36)22-8-13-34(28(38)39)18-24(22)21-6-4-3-5-7-21/h3-7,9,12,20,22,24,40H,8,10-11,13-19H2,1-2H3,(H,38,39)/t22-,24+/m1/s1. The summed E-state index contributed by atoms with van der Waals surface area (Å²) in [6.07, 6.45) is 3.56. The van der Waals surface area contributed by atoms with Crippen molar-refractivity contribution < 1.29 is 19.8 Å². The van der Waals surface area contributed by atoms with Crippen molar-refractivity contribution in [3.63, 3.8) is 0 Å². The highest BCUT2D eigenvalue weighted by Crippen LogP contribution is 2.35. The second-order valence-electron chi connectivity index (χ2n) is 11.4. The highest BCUT2D eigenvalue weighted by molar-refractivity contribution is 5.81. The first-order valence-electron chi connectivity index (χ1n) is 13.9. The molecule has 2 aliphatic heterocycles. The van der Waals surface area contributed by atoms with Crippen LogP contribution in [0.2, 0.25) is 0 Å². The number of piperidine rings is 2. The van der Waals surface area contributed by atoms with E-state index in [1.165, 1.54) is 15.8 Å². The van der Waals surface area contributed by atoms with Crippen LogP contribution < -0.4 is 5.56 Å². The second kappa shape index (κ2) is 11.4. The SMILES string of the molecule is CN(C)CCn1ccc2c(=O)n(CC3(O)CCN(C(=O)[C@@H]4CCN(C(=O)O)C[C@H]4c4ccccc4)CC3)cnc21. The van der Waals surface area contributed by atoms with E-state index in [0.717, 1.165) is 18.7 Å². The van der Waals surface area contributed by atoms with E-state index in [4.69, 9.17) is 0 Å². The van der Waals surface area contributed by atoms with Crippen LogP contribution in [0, 0.1) is 5.92 Å². The van der Waals surface area contributed by atoms with Gasteiger partial charge >= 0.3 is 6.09 Å². The Hall–Kier alpha value is -3.70. The number of hydrogen-bond donors (Lipinski definition) is 2. The van der Waals surface area contributed by atoms with Gasteiger partial charge in [0.2, 0.25) is 5.91 Å². The van der Waals surface area contributed by atoms with Crippen molar-refractivity contribution in [1.82, 2.24) is 28.8 Å². The summed E-state index contributed by atoms with van der Waals surface area (Å²) in [7, 11) is 3.99. The lowest BCUT2D eigenvalue weighted by molar-refractivity contribution is -0.142. The molecule has 2 aliphatic rings. The van der Waals surface area contributed by atoms with Crippen LogP contribution in [0.25, 0.3) is 11.0 Å². The highest BCUT2D eigenvalue weighted by Gasteiger charge is 2.41. The molecule has 214 valence electrons. The number of carboxylic acid groups (broad SMARTS) is 1. The van der Waals surface area contributed by atoms with Crippen molar-refractivity contribution in [2.24, 2.45) is 5.92 Å². The Morgan fingerprint density at radius 3 is 2.45 bits per heavy atom. The van der Waals surface area contributed by atoms with Gasteiger partial charge in [0, 0.05) is 57.3 Å². The maximum atomic E-state index is 13.7. The summed E-state index contributed by atoms with van der Waals surface area (Å²) in [6.45, 7) is 3.02. The molecule has 0 aliphatic carbocycles. The molecule has 5 rings (SSSR count). The van der Waals surface area contributed by atoms with Gasteiger partial charge in [-0.3, -0.25) is 14.2 Å². The Morgan fingerprint density at radius 2 is 1.77 bits per heavy atom. The summed E-state index contributed by atoms with van der Waals surface area (Å²) < 4.78 is 3.44. The monoisotopic (exact) mass is 550 g/mol. The third-order valence-corrected chi connectivity index (χ3v) is 8.43. The first-order chi connectivity index (χ1) is 19.1. The minimum Gasteiger partial charge on any atom is -0.465 e. The minimum atomic E-state index is -1.13. The molecule has 0 spiro atoms. The Bertz CT molecular complexity index is 1410. The lowest BCUT2D eigenvalue weighted by atomic mass is 9.79. The molecule has 40 heavy (non-hydrogen) atoms. The fourth-order valence-corrected chi connectivity index (χ4v) is 6.02. The molecule has 11 nitrogen and oxygen atoms in total. The molecule has 2 fully saturated rings. The van der Waals surface area contributed by atoms with Crippen LogP contribution in [0.1, 0.15) is 30.7 Å². The number of hydrogen-bond acceptors (Lipinski definition) is 6. The molecular weight excluding hydrogens is 512 g/mol. The average molecular weight is 551 g/mol. The molecule has 2 atom stereocenters. The van der Waals surface area contributed by atoms with Gasteiger partial charge in [-0.05, 0) is 45.0 Å². The van der Waals surface area contributed by atoms with E-state index in [-0.39, 0.29) is 36.4 Å². The van der Waals surface area contributed by atoms with Gasteiger partial charge in [0.15, 0.2) is 0 Å². The molecule has 2 saturated heterocycles. The fourth-order valence-electron chi connectivity index (χ4n) is 6.02. The molecule has 0 unspecified atom stereocenters. The summed E-state index contributed by atoms with van der Waals surface area (Å²) in [5.41, 5.74) is 0.279. The van der Waals surface area contributed by atoms with Crippen molar-refractivity contribution >= 4 is 23.0 Å². The van der Waals surface area contributed by atoms with Crippen molar-refractivity contribution in [3.05, 3.63) is 64.8 Å². The van der Waals surface area contributed by atoms with E-state index in [0.29, 0.717) is 49.9 Å². The number of carbonyl (C=O) groups is 2. The second-order valence-corrected chi connectivity index (χ2v) is 11.4. The van der Waals surface area contributed by atoms with E-state index in [1.807, 2.05) is 55.2 Å². The first-order valence-corrected chi connectivity index (χ1v) is 13.9. The smallest absolute Gasteiger partial charge is 0.407 e. The number of rotatable bonds is 7. The van der Waals surface area contributed by atoms with E-state index in [2.05, 4.69) is 9.88 Å². The Balaban J connectivity index is 1.25. The third-order valence-electron chi connectivity index (χ3n) is 8.43. The molecule has 4 heterocycles. The van der Waals surface area contributed by atoms with Crippen LogP contribution >= 0.6 is 0 Å². The molecule has 0 bridgehead atoms. The van der Waals surface area contributed by atoms with Gasteiger partial charge in [-0.1, -0.05) is 30.3 Å². The topological polar surface area (TPSA) is 124 Å². The lowest BCUT2D eigenvalue weighted by Crippen LogP contribution is -2.53. The molecule has 1 aromatic carbocycles. The first kappa shape index (κ1) is 27.9. The van der Waals surface area contributed by atoms with Crippen LogP contribution in [0.5, 0.6) is 0 Å². The predicted molar refractivity (Wildman–Crippen MR) is 150 cm³/mol. The summed E-state index contributed by atoms with van der Waals surface area (Å²) in [6, 6.07) is 11.4. The zero-order chi connectivity index (χ0) is 28.4. The normalized spacial score (nSPS) is 21.2. The molecule has 0 radical (unpaired) electrons. The van der Waals surface area contributed by atoms with Gasteiger partial charge in [-0.25, -0.2) is 9.78 Å². The zero-order valence-corrected chi connectivity index (χ0v) is 23.1. The number of aromatic nitrogens is 3. The molecular formula is C29H38N6O5. The van der Waals surface area contributed by atoms with Crippen LogP contribution in [-0.2, 0) is 17.9 Å². The predicted octanol–water partition coefficient (Wildman–Crippen LogP) is 1.90. The maximum Gasteiger partial charge on any atom is 0.407 e. The number of carbonyl (C=O) groups excluding carboxylic acids is 1. The quantitative estimate of drug-likeness (QED) is 0.461. The number of amides is 2. The number of nitrogens with zero attached hydrogens (tertiary/aromatic N) is 6. The Labute approximate surface area is 233 Å². The largest absolute Gasteiger partial charge is 0.465 e. The molecule has 3 aromatic rings. The Morgan fingerprint density at radius 1 is 1.05 bits per heavy atom. The number of likely N-dealkylation sites (tertiary alicyclic amines) is 2. The van der Waals surface area contributed by atoms with Gasteiger partial charge < -0.3 is 29.5 Å². The van der Waals surface area contributed by atoms with Crippen molar-refractivity contribution in [1.29, 1.82) is 0 Å². The molecule has 2 N–H and O–H groups in total. The van der Waals surface area contributed by atoms with Crippen LogP contribution in [-0.4, -0.2) is 103 Å². The number of likely N-dealkylation sites (N-methyl/N-ethyl adjacent to an activating group) is 1. The highest BCUT2D eigenvalue weighted by atomic mass is 16.4. The van der Waals surface area contributed by atoms with Gasteiger partial charge in [-0.2, -0.15) is 0 Å². The van der Waals surface area contributed by atoms with E-state index < -0.39 is 11.7 Å². The van der Waals surface area contributed by atoms with Gasteiger partial charge in [0.05, 0.1) is 17.5 Å². The van der Waals surface area contributed by atoms with Gasteiger partial charge in [-0.15, -0.1) is 0 Å². The average Bonchev–Trinajstić information content (AvgIpc) is 3.37. The van der Waals surface area contributed by atoms with Gasteiger partial charge in [0.1, 0.15) is 12.0 Å². The third kappa shape index (κ3) is 5.75. The summed E-state index contributed by atoms with van der Waals surface area (Å²) in [5.74, 6) is -0.545. The van der Waals surface area contributed by atoms with Gasteiger partial charge in [0.25, 0.3) is 5.56 Å². The number of benzene rings is 1. The van der Waals surface area contributed by atoms with Crippen LogP contribution in [0.4, 0.5) is 4.79 Å². The van der Waals surface area contributed by atoms with E-state index >= 15 is 0 Å². The van der Waals surface area contributed by atoms with E-state index in [9.17, 15) is 24.6 Å². The van der Waals surface area contributed by atoms with Crippen LogP contribution in [0.15, 0.2) is 53.7 Å². The van der Waals surface area contributed by atoms with Crippen molar-refractivity contribution in [2.75, 3.05) is 46.8 Å². The molecule has 0 saturated carbocycles. The number of aliphatic hydroxyl groups is 1. The maximum absolute atomic E-state index is 13.7. The summed E-state index contributed by atoms with van der Waals surface area (Å²) in [5, 5.41) is 21.5. The summed E-state index contributed by atoms with van der Waals surface area (Å²) in [4.78, 5) is 48.3. The van der Waals surface area contributed by atoms with Crippen molar-refractivity contribution in [2.45, 2.75) is 43.9 Å². The number of fused-ring (bicyclic) bond motifs is 1.